The number of primary amides is 1. The highest BCUT2D eigenvalue weighted by Gasteiger charge is 2.11. The minimum Gasteiger partial charge on any atom is -0.392 e. The van der Waals surface area contributed by atoms with Crippen molar-refractivity contribution in [1.82, 2.24) is 4.98 Å². The molecule has 0 saturated carbocycles. The molecule has 1 aromatic carbocycles. The number of benzene rings is 1. The van der Waals surface area contributed by atoms with E-state index in [2.05, 4.69) is 10.3 Å². The lowest BCUT2D eigenvalue weighted by Gasteiger charge is -2.13. The Kier molecular flexibility index (Phi) is 3.99. The molecule has 0 atom stereocenters. The van der Waals surface area contributed by atoms with Gasteiger partial charge in [-0.1, -0.05) is 29.8 Å². The van der Waals surface area contributed by atoms with Crippen LogP contribution in [0.1, 0.15) is 15.9 Å². The molecule has 2 rings (SSSR count). The van der Waals surface area contributed by atoms with Gasteiger partial charge in [-0.05, 0) is 12.1 Å². The Labute approximate surface area is 115 Å². The van der Waals surface area contributed by atoms with Crippen LogP contribution in [0, 0.1) is 0 Å². The maximum atomic E-state index is 11.3. The number of nitrogens with one attached hydrogen (secondary N) is 1. The molecule has 0 radical (unpaired) electrons. The first-order valence-corrected chi connectivity index (χ1v) is 5.90. The Hall–Kier alpha value is -2.11. The maximum absolute atomic E-state index is 11.3. The van der Waals surface area contributed by atoms with Crippen molar-refractivity contribution in [2.75, 3.05) is 5.32 Å². The van der Waals surface area contributed by atoms with Gasteiger partial charge in [-0.2, -0.15) is 0 Å². The van der Waals surface area contributed by atoms with E-state index < -0.39 is 5.91 Å². The number of halogens is 1. The Morgan fingerprint density at radius 2 is 2.11 bits per heavy atom. The van der Waals surface area contributed by atoms with Crippen LogP contribution in [0.3, 0.4) is 0 Å². The molecule has 1 amide bonds. The highest BCUT2D eigenvalue weighted by Crippen LogP contribution is 2.25. The highest BCUT2D eigenvalue weighted by atomic mass is 35.5. The molecule has 2 aromatic rings. The largest absolute Gasteiger partial charge is 0.392 e. The number of anilines is 2. The summed E-state index contributed by atoms with van der Waals surface area (Å²) in [6, 6.07) is 8.69. The van der Waals surface area contributed by atoms with Gasteiger partial charge >= 0.3 is 0 Å². The van der Waals surface area contributed by atoms with Gasteiger partial charge in [-0.15, -0.1) is 0 Å². The van der Waals surface area contributed by atoms with Crippen LogP contribution in [-0.4, -0.2) is 16.0 Å². The lowest BCUT2D eigenvalue weighted by Crippen LogP contribution is -2.14. The van der Waals surface area contributed by atoms with Gasteiger partial charge in [-0.3, -0.25) is 4.79 Å². The van der Waals surface area contributed by atoms with Gasteiger partial charge in [0.1, 0.15) is 5.15 Å². The quantitative estimate of drug-likeness (QED) is 0.747. The fourth-order valence-electron chi connectivity index (χ4n) is 1.65. The third-order valence-corrected chi connectivity index (χ3v) is 2.80. The molecular weight excluding hydrogens is 266 g/mol. The number of aliphatic hydroxyl groups excluding tert-OH is 1. The predicted octanol–water partition coefficient (Wildman–Crippen LogP) is 2.07. The zero-order chi connectivity index (χ0) is 13.8. The molecule has 0 bridgehead atoms. The molecule has 1 heterocycles. The lowest BCUT2D eigenvalue weighted by molar-refractivity contribution is 0.100. The van der Waals surface area contributed by atoms with Crippen molar-refractivity contribution in [2.45, 2.75) is 6.61 Å². The van der Waals surface area contributed by atoms with E-state index in [1.54, 1.807) is 12.1 Å². The van der Waals surface area contributed by atoms with Gasteiger partial charge in [0.05, 0.1) is 17.9 Å². The second kappa shape index (κ2) is 5.69. The number of hydrogen-bond donors (Lipinski definition) is 3. The second-order valence-electron chi connectivity index (χ2n) is 3.86. The first kappa shape index (κ1) is 13.3. The monoisotopic (exact) mass is 277 g/mol. The van der Waals surface area contributed by atoms with Crippen LogP contribution < -0.4 is 11.1 Å². The average molecular weight is 278 g/mol. The smallest absolute Gasteiger partial charge is 0.252 e. The molecule has 4 N–H and O–H groups in total. The average Bonchev–Trinajstić information content (AvgIpc) is 2.39. The predicted molar refractivity (Wildman–Crippen MR) is 73.4 cm³/mol. The van der Waals surface area contributed by atoms with Gasteiger partial charge in [0.15, 0.2) is 0 Å². The molecular formula is C13H12ClN3O2. The van der Waals surface area contributed by atoms with Crippen molar-refractivity contribution in [3.8, 4) is 0 Å². The molecule has 0 unspecified atom stereocenters. The molecule has 5 nitrogen and oxygen atoms in total. The number of aliphatic hydroxyl groups is 1. The van der Waals surface area contributed by atoms with E-state index in [0.717, 1.165) is 0 Å². The highest BCUT2D eigenvalue weighted by molar-refractivity contribution is 6.29. The second-order valence-corrected chi connectivity index (χ2v) is 4.24. The minimum absolute atomic E-state index is 0.117. The van der Waals surface area contributed by atoms with Crippen LogP contribution in [-0.2, 0) is 6.61 Å². The molecule has 6 heteroatoms. The van der Waals surface area contributed by atoms with E-state index in [-0.39, 0.29) is 17.3 Å². The van der Waals surface area contributed by atoms with E-state index in [0.29, 0.717) is 16.9 Å². The molecule has 1 aromatic heterocycles. The first-order valence-electron chi connectivity index (χ1n) is 5.53. The number of hydrogen-bond acceptors (Lipinski definition) is 4. The SMILES string of the molecule is NC(=O)c1cnc(Cl)cc1Nc1ccccc1CO. The molecule has 0 aliphatic rings. The van der Waals surface area contributed by atoms with Crippen LogP contribution in [0.4, 0.5) is 11.4 Å². The number of aromatic nitrogens is 1. The standard InChI is InChI=1S/C13H12ClN3O2/c14-12-5-11(9(6-16-12)13(15)19)17-10-4-2-1-3-8(10)7-18/h1-6,18H,7H2,(H2,15,19)(H,16,17). The number of amides is 1. The zero-order valence-electron chi connectivity index (χ0n) is 9.93. The summed E-state index contributed by atoms with van der Waals surface area (Å²) in [4.78, 5) is 15.1. The number of nitrogens with two attached hydrogens (primary N) is 1. The summed E-state index contributed by atoms with van der Waals surface area (Å²) in [5, 5.41) is 12.5. The number of pyridine rings is 1. The van der Waals surface area contributed by atoms with Gasteiger partial charge in [0.2, 0.25) is 0 Å². The first-order chi connectivity index (χ1) is 9.11. The van der Waals surface area contributed by atoms with Crippen molar-refractivity contribution in [2.24, 2.45) is 5.73 Å². The number of rotatable bonds is 4. The summed E-state index contributed by atoms with van der Waals surface area (Å²) in [5.74, 6) is -0.604. The topological polar surface area (TPSA) is 88.2 Å². The Morgan fingerprint density at radius 3 is 2.79 bits per heavy atom. The molecule has 0 fully saturated rings. The van der Waals surface area contributed by atoms with Crippen molar-refractivity contribution < 1.29 is 9.90 Å². The van der Waals surface area contributed by atoms with Gasteiger partial charge in [0, 0.05) is 17.4 Å². The Balaban J connectivity index is 2.42. The molecule has 0 spiro atoms. The van der Waals surface area contributed by atoms with Crippen molar-refractivity contribution in [3.05, 3.63) is 52.8 Å². The van der Waals surface area contributed by atoms with Crippen molar-refractivity contribution in [3.63, 3.8) is 0 Å². The Bertz CT molecular complexity index is 617. The third-order valence-electron chi connectivity index (χ3n) is 2.59. The summed E-state index contributed by atoms with van der Waals surface area (Å²) in [6.07, 6.45) is 1.31. The van der Waals surface area contributed by atoms with Crippen LogP contribution >= 0.6 is 11.6 Å². The fourth-order valence-corrected chi connectivity index (χ4v) is 1.81. The number of para-hydroxylation sites is 1. The Morgan fingerprint density at radius 1 is 1.37 bits per heavy atom. The summed E-state index contributed by atoms with van der Waals surface area (Å²) in [7, 11) is 0. The summed E-state index contributed by atoms with van der Waals surface area (Å²) < 4.78 is 0. The maximum Gasteiger partial charge on any atom is 0.252 e. The minimum atomic E-state index is -0.604. The van der Waals surface area contributed by atoms with Crippen LogP contribution in [0.15, 0.2) is 36.5 Å². The molecule has 0 saturated heterocycles. The third kappa shape index (κ3) is 3.01. The van der Waals surface area contributed by atoms with Gasteiger partial charge < -0.3 is 16.2 Å². The van der Waals surface area contributed by atoms with Crippen LogP contribution in [0.5, 0.6) is 0 Å². The number of carbonyl (C=O) groups excluding carboxylic acids is 1. The van der Waals surface area contributed by atoms with E-state index in [1.165, 1.54) is 12.3 Å². The van der Waals surface area contributed by atoms with E-state index >= 15 is 0 Å². The zero-order valence-corrected chi connectivity index (χ0v) is 10.7. The number of nitrogens with zero attached hydrogens (tertiary/aromatic N) is 1. The number of carbonyl (C=O) groups is 1. The molecule has 0 aliphatic carbocycles. The van der Waals surface area contributed by atoms with Gasteiger partial charge in [0.25, 0.3) is 5.91 Å². The van der Waals surface area contributed by atoms with E-state index in [4.69, 9.17) is 17.3 Å². The lowest BCUT2D eigenvalue weighted by atomic mass is 10.1. The van der Waals surface area contributed by atoms with Crippen LogP contribution in [0.25, 0.3) is 0 Å². The van der Waals surface area contributed by atoms with E-state index in [9.17, 15) is 9.90 Å². The normalized spacial score (nSPS) is 10.2. The molecule has 98 valence electrons. The fraction of sp³-hybridized carbons (Fsp3) is 0.0769. The van der Waals surface area contributed by atoms with E-state index in [1.807, 2.05) is 12.1 Å². The van der Waals surface area contributed by atoms with Gasteiger partial charge in [-0.25, -0.2) is 4.98 Å². The van der Waals surface area contributed by atoms with Crippen LogP contribution in [0.2, 0.25) is 5.15 Å². The summed E-state index contributed by atoms with van der Waals surface area (Å²) in [6.45, 7) is -0.117. The summed E-state index contributed by atoms with van der Waals surface area (Å²) in [5.41, 5.74) is 7.34. The summed E-state index contributed by atoms with van der Waals surface area (Å²) >= 11 is 5.81. The molecule has 19 heavy (non-hydrogen) atoms. The molecule has 0 aliphatic heterocycles. The van der Waals surface area contributed by atoms with Crippen molar-refractivity contribution >= 4 is 28.9 Å². The van der Waals surface area contributed by atoms with Crippen molar-refractivity contribution in [1.29, 1.82) is 0 Å².